The Kier molecular flexibility index (Phi) is 4.85. The first kappa shape index (κ1) is 15.2. The Morgan fingerprint density at radius 1 is 1.36 bits per heavy atom. The third-order valence-corrected chi connectivity index (χ3v) is 5.06. The van der Waals surface area contributed by atoms with Crippen LogP contribution in [0.2, 0.25) is 0 Å². The highest BCUT2D eigenvalue weighted by Gasteiger charge is 2.34. The number of aliphatic hydroxyl groups excluding tert-OH is 1. The SMILES string of the molecule is O=C(Cc1cccs1)N[C@H](Cc1ccncc1)C1CC(O)C1. The number of aliphatic hydroxyl groups is 1. The Hall–Kier alpha value is -1.72. The monoisotopic (exact) mass is 316 g/mol. The van der Waals surface area contributed by atoms with E-state index in [4.69, 9.17) is 0 Å². The van der Waals surface area contributed by atoms with Crippen molar-refractivity contribution >= 4 is 17.2 Å². The smallest absolute Gasteiger partial charge is 0.225 e. The summed E-state index contributed by atoms with van der Waals surface area (Å²) < 4.78 is 0. The van der Waals surface area contributed by atoms with E-state index < -0.39 is 0 Å². The zero-order valence-electron chi connectivity index (χ0n) is 12.3. The van der Waals surface area contributed by atoms with Crippen molar-refractivity contribution in [2.45, 2.75) is 37.8 Å². The second-order valence-corrected chi connectivity index (χ2v) is 6.91. The first-order valence-electron chi connectivity index (χ1n) is 7.59. The summed E-state index contributed by atoms with van der Waals surface area (Å²) in [5.41, 5.74) is 1.16. The van der Waals surface area contributed by atoms with Crippen LogP contribution >= 0.6 is 11.3 Å². The molecule has 1 aliphatic carbocycles. The van der Waals surface area contributed by atoms with Crippen molar-refractivity contribution in [3.63, 3.8) is 0 Å². The van der Waals surface area contributed by atoms with Crippen molar-refractivity contribution in [3.8, 4) is 0 Å². The summed E-state index contributed by atoms with van der Waals surface area (Å²) in [5, 5.41) is 14.7. The van der Waals surface area contributed by atoms with Gasteiger partial charge in [0, 0.05) is 23.3 Å². The predicted octanol–water partition coefficient (Wildman–Crippen LogP) is 2.18. The molecule has 4 nitrogen and oxygen atoms in total. The fourth-order valence-electron chi connectivity index (χ4n) is 2.90. The van der Waals surface area contributed by atoms with E-state index in [-0.39, 0.29) is 18.1 Å². The van der Waals surface area contributed by atoms with Crippen molar-refractivity contribution in [3.05, 3.63) is 52.5 Å². The third kappa shape index (κ3) is 3.93. The lowest BCUT2D eigenvalue weighted by Gasteiger charge is -2.38. The highest BCUT2D eigenvalue weighted by molar-refractivity contribution is 7.10. The summed E-state index contributed by atoms with van der Waals surface area (Å²) in [5.74, 6) is 0.415. The molecule has 116 valence electrons. The third-order valence-electron chi connectivity index (χ3n) is 4.18. The van der Waals surface area contributed by atoms with Gasteiger partial charge in [0.05, 0.1) is 12.5 Å². The molecule has 0 unspecified atom stereocenters. The molecule has 2 N–H and O–H groups in total. The van der Waals surface area contributed by atoms with E-state index in [2.05, 4.69) is 10.3 Å². The summed E-state index contributed by atoms with van der Waals surface area (Å²) in [6.07, 6.45) is 6.10. The first-order chi connectivity index (χ1) is 10.7. The number of carbonyl (C=O) groups excluding carboxylic acids is 1. The number of amides is 1. The number of hydrogen-bond acceptors (Lipinski definition) is 4. The predicted molar refractivity (Wildman–Crippen MR) is 86.6 cm³/mol. The molecule has 0 bridgehead atoms. The topological polar surface area (TPSA) is 62.2 Å². The van der Waals surface area contributed by atoms with E-state index in [1.54, 1.807) is 23.7 Å². The van der Waals surface area contributed by atoms with Crippen molar-refractivity contribution in [1.82, 2.24) is 10.3 Å². The quantitative estimate of drug-likeness (QED) is 0.859. The van der Waals surface area contributed by atoms with E-state index in [0.717, 1.165) is 29.7 Å². The van der Waals surface area contributed by atoms with Crippen molar-refractivity contribution in [2.75, 3.05) is 0 Å². The van der Waals surface area contributed by atoms with Crippen LogP contribution in [-0.4, -0.2) is 28.1 Å². The van der Waals surface area contributed by atoms with Crippen LogP contribution in [0.3, 0.4) is 0 Å². The summed E-state index contributed by atoms with van der Waals surface area (Å²) >= 11 is 1.60. The number of nitrogens with one attached hydrogen (secondary N) is 1. The molecule has 1 aliphatic rings. The van der Waals surface area contributed by atoms with E-state index in [1.165, 1.54) is 0 Å². The van der Waals surface area contributed by atoms with Crippen LogP contribution in [0.15, 0.2) is 42.0 Å². The number of aromatic nitrogens is 1. The Labute approximate surface area is 134 Å². The van der Waals surface area contributed by atoms with E-state index in [0.29, 0.717) is 12.3 Å². The van der Waals surface area contributed by atoms with Gasteiger partial charge in [-0.2, -0.15) is 0 Å². The molecule has 0 aliphatic heterocycles. The van der Waals surface area contributed by atoms with E-state index in [9.17, 15) is 9.90 Å². The zero-order chi connectivity index (χ0) is 15.4. The average molecular weight is 316 g/mol. The lowest BCUT2D eigenvalue weighted by atomic mass is 9.75. The Balaban J connectivity index is 1.62. The second kappa shape index (κ2) is 7.03. The number of nitrogens with zero attached hydrogens (tertiary/aromatic N) is 1. The van der Waals surface area contributed by atoms with Crippen molar-refractivity contribution in [2.24, 2.45) is 5.92 Å². The van der Waals surface area contributed by atoms with Crippen LogP contribution in [0.5, 0.6) is 0 Å². The molecule has 1 amide bonds. The summed E-state index contributed by atoms with van der Waals surface area (Å²) in [7, 11) is 0. The minimum absolute atomic E-state index is 0.0582. The highest BCUT2D eigenvalue weighted by Crippen LogP contribution is 2.31. The first-order valence-corrected chi connectivity index (χ1v) is 8.47. The standard InChI is InChI=1S/C17H20N2O2S/c20-14-9-13(10-14)16(8-12-3-5-18-6-4-12)19-17(21)11-15-2-1-7-22-15/h1-7,13-14,16,20H,8-11H2,(H,19,21)/t13?,14?,16-/m1/s1. The molecule has 2 aromatic heterocycles. The van der Waals surface area contributed by atoms with Crippen LogP contribution in [0, 0.1) is 5.92 Å². The molecule has 0 spiro atoms. The molecule has 2 aromatic rings. The number of thiophene rings is 1. The fourth-order valence-corrected chi connectivity index (χ4v) is 3.60. The number of rotatable bonds is 6. The van der Waals surface area contributed by atoms with Gasteiger partial charge in [-0.3, -0.25) is 9.78 Å². The van der Waals surface area contributed by atoms with Gasteiger partial charge in [0.15, 0.2) is 0 Å². The minimum atomic E-state index is -0.209. The van der Waals surface area contributed by atoms with Crippen molar-refractivity contribution in [1.29, 1.82) is 0 Å². The van der Waals surface area contributed by atoms with Gasteiger partial charge in [0.2, 0.25) is 5.91 Å². The molecule has 0 radical (unpaired) electrons. The maximum absolute atomic E-state index is 12.3. The molecular formula is C17H20N2O2S. The van der Waals surface area contributed by atoms with Gasteiger partial charge in [-0.25, -0.2) is 0 Å². The molecule has 1 atom stereocenters. The van der Waals surface area contributed by atoms with Gasteiger partial charge in [-0.05, 0) is 54.3 Å². The molecular weight excluding hydrogens is 296 g/mol. The van der Waals surface area contributed by atoms with Gasteiger partial charge in [0.25, 0.3) is 0 Å². The zero-order valence-corrected chi connectivity index (χ0v) is 13.1. The second-order valence-electron chi connectivity index (χ2n) is 5.88. The Morgan fingerprint density at radius 3 is 2.77 bits per heavy atom. The highest BCUT2D eigenvalue weighted by atomic mass is 32.1. The molecule has 1 fully saturated rings. The molecule has 3 rings (SSSR count). The maximum atomic E-state index is 12.3. The van der Waals surface area contributed by atoms with Gasteiger partial charge in [-0.15, -0.1) is 11.3 Å². The van der Waals surface area contributed by atoms with E-state index in [1.807, 2.05) is 29.6 Å². The van der Waals surface area contributed by atoms with Crippen LogP contribution in [0.4, 0.5) is 0 Å². The molecule has 0 aromatic carbocycles. The van der Waals surface area contributed by atoms with Gasteiger partial charge < -0.3 is 10.4 Å². The lowest BCUT2D eigenvalue weighted by molar-refractivity contribution is -0.122. The van der Waals surface area contributed by atoms with Gasteiger partial charge in [-0.1, -0.05) is 6.07 Å². The largest absolute Gasteiger partial charge is 0.393 e. The summed E-state index contributed by atoms with van der Waals surface area (Å²) in [4.78, 5) is 17.4. The maximum Gasteiger partial charge on any atom is 0.225 e. The number of pyridine rings is 1. The lowest BCUT2D eigenvalue weighted by Crippen LogP contribution is -2.48. The van der Waals surface area contributed by atoms with Crippen LogP contribution in [0.25, 0.3) is 0 Å². The minimum Gasteiger partial charge on any atom is -0.393 e. The van der Waals surface area contributed by atoms with Gasteiger partial charge in [0.1, 0.15) is 0 Å². The van der Waals surface area contributed by atoms with Crippen LogP contribution in [0.1, 0.15) is 23.3 Å². The molecule has 22 heavy (non-hydrogen) atoms. The number of carbonyl (C=O) groups is 1. The van der Waals surface area contributed by atoms with Crippen LogP contribution < -0.4 is 5.32 Å². The normalized spacial score (nSPS) is 21.9. The number of hydrogen-bond donors (Lipinski definition) is 2. The summed E-state index contributed by atoms with van der Waals surface area (Å²) in [6, 6.07) is 7.98. The molecule has 0 saturated heterocycles. The Bertz CT molecular complexity index is 594. The Morgan fingerprint density at radius 2 is 2.14 bits per heavy atom. The van der Waals surface area contributed by atoms with Crippen LogP contribution in [-0.2, 0) is 17.6 Å². The molecule has 2 heterocycles. The molecule has 1 saturated carbocycles. The van der Waals surface area contributed by atoms with Gasteiger partial charge >= 0.3 is 0 Å². The van der Waals surface area contributed by atoms with E-state index >= 15 is 0 Å². The fraction of sp³-hybridized carbons (Fsp3) is 0.412. The van der Waals surface area contributed by atoms with Crippen molar-refractivity contribution < 1.29 is 9.90 Å². The average Bonchev–Trinajstić information content (AvgIpc) is 2.97. The summed E-state index contributed by atoms with van der Waals surface area (Å²) in [6.45, 7) is 0. The molecule has 5 heteroatoms.